The summed E-state index contributed by atoms with van der Waals surface area (Å²) in [4.78, 5) is 1.23. The number of hydrogen-bond donors (Lipinski definition) is 1. The average Bonchev–Trinajstić information content (AvgIpc) is 2.84. The van der Waals surface area contributed by atoms with Crippen molar-refractivity contribution in [3.63, 3.8) is 0 Å². The first-order chi connectivity index (χ1) is 9.43. The third-order valence-electron chi connectivity index (χ3n) is 3.27. The van der Waals surface area contributed by atoms with E-state index in [1.165, 1.54) is 27.5 Å². The van der Waals surface area contributed by atoms with Crippen molar-refractivity contribution in [3.8, 4) is 0 Å². The van der Waals surface area contributed by atoms with Gasteiger partial charge in [-0.3, -0.25) is 0 Å². The van der Waals surface area contributed by atoms with E-state index in [1.54, 1.807) is 0 Å². The van der Waals surface area contributed by atoms with Crippen molar-refractivity contribution in [2.45, 2.75) is 46.1 Å². The van der Waals surface area contributed by atoms with Crippen LogP contribution in [0.3, 0.4) is 0 Å². The Kier molecular flexibility index (Phi) is 4.55. The summed E-state index contributed by atoms with van der Waals surface area (Å²) in [5.74, 6) is 0. The predicted octanol–water partition coefficient (Wildman–Crippen LogP) is 3.84. The highest BCUT2D eigenvalue weighted by molar-refractivity contribution is 7.05. The highest BCUT2D eigenvalue weighted by atomic mass is 32.1. The molecule has 0 fully saturated rings. The normalized spacial score (nSPS) is 13.4. The van der Waals surface area contributed by atoms with Gasteiger partial charge < -0.3 is 5.32 Å². The maximum Gasteiger partial charge on any atom is 0.0860 e. The third kappa shape index (κ3) is 3.25. The van der Waals surface area contributed by atoms with Gasteiger partial charge in [0, 0.05) is 5.41 Å². The Morgan fingerprint density at radius 3 is 2.65 bits per heavy atom. The average molecular weight is 289 g/mol. The molecule has 1 unspecified atom stereocenters. The number of nitrogens with zero attached hydrogens (tertiary/aromatic N) is 2. The molecule has 4 heteroatoms. The second-order valence-corrected chi connectivity index (χ2v) is 6.93. The number of hydrogen-bond acceptors (Lipinski definition) is 4. The topological polar surface area (TPSA) is 37.8 Å². The number of aryl methyl sites for hydroxylation is 1. The van der Waals surface area contributed by atoms with Gasteiger partial charge in [-0.05, 0) is 30.6 Å². The summed E-state index contributed by atoms with van der Waals surface area (Å²) in [5, 5.41) is 7.94. The third-order valence-corrected chi connectivity index (χ3v) is 4.06. The van der Waals surface area contributed by atoms with Crippen LogP contribution in [-0.4, -0.2) is 16.1 Å². The molecule has 1 atom stereocenters. The Hall–Kier alpha value is -1.26. The molecule has 20 heavy (non-hydrogen) atoms. The zero-order valence-electron chi connectivity index (χ0n) is 12.9. The molecule has 0 aliphatic rings. The molecule has 2 aromatic rings. The fraction of sp³-hybridized carbons (Fsp3) is 0.500. The molecule has 1 aromatic carbocycles. The monoisotopic (exact) mass is 289 g/mol. The molecule has 2 rings (SSSR count). The Morgan fingerprint density at radius 2 is 2.05 bits per heavy atom. The van der Waals surface area contributed by atoms with Crippen LogP contribution in [0.1, 0.15) is 55.4 Å². The standard InChI is InChI=1S/C16H23N3S/c1-6-17-13(12-9-7-8-11(2)10-12)14-15(16(3,4)5)18-19-20-14/h7-10,13,17H,6H2,1-5H3. The van der Waals surface area contributed by atoms with Gasteiger partial charge >= 0.3 is 0 Å². The molecule has 0 saturated carbocycles. The smallest absolute Gasteiger partial charge is 0.0860 e. The van der Waals surface area contributed by atoms with Gasteiger partial charge in [-0.2, -0.15) is 0 Å². The summed E-state index contributed by atoms with van der Waals surface area (Å²) in [5.41, 5.74) is 3.67. The fourth-order valence-corrected chi connectivity index (χ4v) is 3.29. The van der Waals surface area contributed by atoms with Crippen LogP contribution in [0.15, 0.2) is 24.3 Å². The second-order valence-electron chi connectivity index (χ2n) is 6.14. The Morgan fingerprint density at radius 1 is 1.30 bits per heavy atom. The van der Waals surface area contributed by atoms with Crippen molar-refractivity contribution in [2.24, 2.45) is 0 Å². The van der Waals surface area contributed by atoms with Crippen molar-refractivity contribution in [2.75, 3.05) is 6.54 Å². The fourth-order valence-electron chi connectivity index (χ4n) is 2.32. The van der Waals surface area contributed by atoms with Crippen LogP contribution in [0, 0.1) is 6.92 Å². The first-order valence-electron chi connectivity index (χ1n) is 7.06. The molecule has 0 saturated heterocycles. The van der Waals surface area contributed by atoms with Crippen LogP contribution in [0.2, 0.25) is 0 Å². The van der Waals surface area contributed by atoms with Crippen LogP contribution in [0.4, 0.5) is 0 Å². The maximum absolute atomic E-state index is 4.37. The van der Waals surface area contributed by atoms with E-state index in [0.29, 0.717) is 0 Å². The number of nitrogens with one attached hydrogen (secondary N) is 1. The second kappa shape index (κ2) is 6.02. The van der Waals surface area contributed by atoms with Gasteiger partial charge in [0.2, 0.25) is 0 Å². The molecule has 3 nitrogen and oxygen atoms in total. The van der Waals surface area contributed by atoms with Crippen LogP contribution < -0.4 is 5.32 Å². The van der Waals surface area contributed by atoms with Crippen molar-refractivity contribution < 1.29 is 0 Å². The van der Waals surface area contributed by atoms with E-state index in [2.05, 4.69) is 73.8 Å². The van der Waals surface area contributed by atoms with Crippen molar-refractivity contribution in [1.82, 2.24) is 14.9 Å². The SMILES string of the molecule is CCNC(c1cccc(C)c1)c1snnc1C(C)(C)C. The highest BCUT2D eigenvalue weighted by Gasteiger charge is 2.27. The van der Waals surface area contributed by atoms with E-state index in [1.807, 2.05) is 0 Å². The zero-order valence-corrected chi connectivity index (χ0v) is 13.7. The first-order valence-corrected chi connectivity index (χ1v) is 7.83. The van der Waals surface area contributed by atoms with Gasteiger partial charge in [-0.1, -0.05) is 62.0 Å². The molecule has 1 aromatic heterocycles. The number of rotatable bonds is 4. The van der Waals surface area contributed by atoms with Gasteiger partial charge in [-0.25, -0.2) is 0 Å². The minimum atomic E-state index is 0.0137. The van der Waals surface area contributed by atoms with E-state index >= 15 is 0 Å². The van der Waals surface area contributed by atoms with Crippen LogP contribution in [-0.2, 0) is 5.41 Å². The van der Waals surface area contributed by atoms with Crippen LogP contribution in [0.25, 0.3) is 0 Å². The lowest BCUT2D eigenvalue weighted by Crippen LogP contribution is -2.25. The first kappa shape index (κ1) is 15.1. The van der Waals surface area contributed by atoms with Crippen LogP contribution >= 0.6 is 11.5 Å². The highest BCUT2D eigenvalue weighted by Crippen LogP contribution is 2.33. The summed E-state index contributed by atoms with van der Waals surface area (Å²) < 4.78 is 4.19. The largest absolute Gasteiger partial charge is 0.306 e. The van der Waals surface area contributed by atoms with E-state index in [0.717, 1.165) is 12.2 Å². The molecular weight excluding hydrogens is 266 g/mol. The van der Waals surface area contributed by atoms with Crippen molar-refractivity contribution in [1.29, 1.82) is 0 Å². The van der Waals surface area contributed by atoms with E-state index < -0.39 is 0 Å². The summed E-state index contributed by atoms with van der Waals surface area (Å²) in [6, 6.07) is 8.82. The molecule has 1 heterocycles. The maximum atomic E-state index is 4.37. The molecular formula is C16H23N3S. The van der Waals surface area contributed by atoms with Crippen LogP contribution in [0.5, 0.6) is 0 Å². The van der Waals surface area contributed by atoms with Gasteiger partial charge in [0.15, 0.2) is 0 Å². The minimum Gasteiger partial charge on any atom is -0.306 e. The van der Waals surface area contributed by atoms with Gasteiger partial charge in [-0.15, -0.1) is 5.10 Å². The Labute approximate surface area is 125 Å². The summed E-state index contributed by atoms with van der Waals surface area (Å²) in [7, 11) is 0. The molecule has 0 radical (unpaired) electrons. The zero-order chi connectivity index (χ0) is 14.8. The van der Waals surface area contributed by atoms with E-state index in [-0.39, 0.29) is 11.5 Å². The van der Waals surface area contributed by atoms with Gasteiger partial charge in [0.1, 0.15) is 0 Å². The number of benzene rings is 1. The van der Waals surface area contributed by atoms with E-state index in [9.17, 15) is 0 Å². The summed E-state index contributed by atoms with van der Waals surface area (Å²) in [6.45, 7) is 11.7. The molecule has 108 valence electrons. The van der Waals surface area contributed by atoms with Gasteiger partial charge in [0.05, 0.1) is 16.6 Å². The quantitative estimate of drug-likeness (QED) is 0.929. The molecule has 0 amide bonds. The summed E-state index contributed by atoms with van der Waals surface area (Å²) >= 11 is 1.50. The molecule has 0 bridgehead atoms. The Balaban J connectivity index is 2.47. The van der Waals surface area contributed by atoms with Crippen molar-refractivity contribution in [3.05, 3.63) is 46.0 Å². The lowest BCUT2D eigenvalue weighted by atomic mass is 9.88. The van der Waals surface area contributed by atoms with E-state index in [4.69, 9.17) is 0 Å². The number of aromatic nitrogens is 2. The lowest BCUT2D eigenvalue weighted by Gasteiger charge is -2.23. The molecule has 1 N–H and O–H groups in total. The minimum absolute atomic E-state index is 0.0137. The van der Waals surface area contributed by atoms with Crippen molar-refractivity contribution >= 4 is 11.5 Å². The summed E-state index contributed by atoms with van der Waals surface area (Å²) in [6.07, 6.45) is 0. The Bertz CT molecular complexity index is 569. The van der Waals surface area contributed by atoms with Gasteiger partial charge in [0.25, 0.3) is 0 Å². The lowest BCUT2D eigenvalue weighted by molar-refractivity contribution is 0.543. The molecule has 0 aliphatic heterocycles. The molecule has 0 spiro atoms. The molecule has 0 aliphatic carbocycles. The predicted molar refractivity (Wildman–Crippen MR) is 85.3 cm³/mol.